The third-order valence-corrected chi connectivity index (χ3v) is 14.2. The summed E-state index contributed by atoms with van der Waals surface area (Å²) in [6, 6.07) is 18.8. The molecule has 3 aromatic carbocycles. The van der Waals surface area contributed by atoms with Gasteiger partial charge in [-0.3, -0.25) is 14.6 Å². The molecule has 0 saturated carbocycles. The van der Waals surface area contributed by atoms with Crippen LogP contribution in [0.5, 0.6) is 0 Å². The smallest absolute Gasteiger partial charge is 0.381 e. The molecule has 1 aliphatic carbocycles. The van der Waals surface area contributed by atoms with Crippen molar-refractivity contribution in [2.24, 2.45) is 5.41 Å². The highest BCUT2D eigenvalue weighted by Gasteiger charge is 2.36. The van der Waals surface area contributed by atoms with E-state index in [1.807, 2.05) is 35.1 Å². The maximum absolute atomic E-state index is 14.6. The van der Waals surface area contributed by atoms with Crippen molar-refractivity contribution < 1.29 is 31.1 Å². The zero-order valence-corrected chi connectivity index (χ0v) is 36.8. The van der Waals surface area contributed by atoms with E-state index in [2.05, 4.69) is 47.4 Å². The second-order valence-electron chi connectivity index (χ2n) is 17.2. The van der Waals surface area contributed by atoms with Crippen LogP contribution in [0.3, 0.4) is 0 Å². The molecule has 2 heterocycles. The lowest BCUT2D eigenvalue weighted by atomic mass is 9.73. The van der Waals surface area contributed by atoms with Crippen molar-refractivity contribution in [3.63, 3.8) is 0 Å². The third kappa shape index (κ3) is 13.1. The molecule has 2 aliphatic heterocycles. The number of rotatable bonds is 17. The zero-order chi connectivity index (χ0) is 42.9. The van der Waals surface area contributed by atoms with Crippen LogP contribution in [0.15, 0.2) is 106 Å². The van der Waals surface area contributed by atoms with Gasteiger partial charge in [0.05, 0.1) is 23.7 Å². The van der Waals surface area contributed by atoms with Gasteiger partial charge in [-0.1, -0.05) is 48.8 Å². The summed E-state index contributed by atoms with van der Waals surface area (Å²) in [5.74, 6) is -0.431. The number of hydrogen-bond acceptors (Lipinski definition) is 9. The molecule has 0 aromatic heterocycles. The molecule has 60 heavy (non-hydrogen) atoms. The summed E-state index contributed by atoms with van der Waals surface area (Å²) in [7, 11) is -4.65. The van der Waals surface area contributed by atoms with Crippen LogP contribution in [-0.2, 0) is 20.9 Å². The predicted molar refractivity (Wildman–Crippen MR) is 236 cm³/mol. The Morgan fingerprint density at radius 1 is 0.933 bits per heavy atom. The Hall–Kier alpha value is -3.82. The summed E-state index contributed by atoms with van der Waals surface area (Å²) in [5, 5.41) is 3.08. The molecule has 1 amide bonds. The lowest BCUT2D eigenvalue weighted by molar-refractivity contribution is -0.137. The number of sulfonamides is 1. The average molecular weight is 868 g/mol. The maximum Gasteiger partial charge on any atom is 0.418 e. The normalized spacial score (nSPS) is 18.6. The SMILES string of the molecule is C=C(C)CCC1=C(CN2CCN(c3ccc(C(=O)NS(=O)(=O)c4ccc(N[C@H](CCN5CCOCC5)CSc5ccccc5)c(C(F)(F)F)c4)cc3)CC2)CC(C)(C)CC1. The standard InChI is InChI=1S/C46H60F3N5O4S2/c1-34(2)10-11-35-18-20-45(3,4)31-37(35)32-53-22-24-54(25-23-53)39-14-12-36(13-15-39)44(55)51-60(56,57)41-16-17-43(42(30-41)46(47,48)49)50-38(19-21-52-26-28-58-29-27-52)33-59-40-8-6-5-7-9-40/h5-9,12-17,30,38,50H,1,10-11,18-29,31-33H2,2-4H3,(H,51,55)/t38-/m1/s1. The molecule has 2 N–H and O–H groups in total. The minimum absolute atomic E-state index is 0.0865. The van der Waals surface area contributed by atoms with Gasteiger partial charge in [-0.25, -0.2) is 13.1 Å². The Bertz CT molecular complexity index is 2060. The highest BCUT2D eigenvalue weighted by molar-refractivity contribution is 7.99. The number of carbonyl (C=O) groups is 1. The van der Waals surface area contributed by atoms with E-state index >= 15 is 0 Å². The lowest BCUT2D eigenvalue weighted by Crippen LogP contribution is -2.47. The Morgan fingerprint density at radius 3 is 2.30 bits per heavy atom. The number of nitrogens with one attached hydrogen (secondary N) is 2. The molecule has 3 aliphatic rings. The van der Waals surface area contributed by atoms with Gasteiger partial charge < -0.3 is 15.0 Å². The average Bonchev–Trinajstić information content (AvgIpc) is 3.22. The van der Waals surface area contributed by atoms with Crippen LogP contribution in [0.2, 0.25) is 0 Å². The number of halogens is 3. The number of thioether (sulfide) groups is 1. The fourth-order valence-electron chi connectivity index (χ4n) is 8.13. The van der Waals surface area contributed by atoms with Crippen LogP contribution < -0.4 is 14.9 Å². The number of benzene rings is 3. The van der Waals surface area contributed by atoms with E-state index in [-0.39, 0.29) is 17.3 Å². The molecule has 326 valence electrons. The molecular formula is C46H60F3N5O4S2. The molecule has 14 heteroatoms. The maximum atomic E-state index is 14.6. The van der Waals surface area contributed by atoms with Crippen molar-refractivity contribution in [3.8, 4) is 0 Å². The largest absolute Gasteiger partial charge is 0.418 e. The highest BCUT2D eigenvalue weighted by atomic mass is 32.2. The fraction of sp³-hybridized carbons (Fsp3) is 0.500. The van der Waals surface area contributed by atoms with Gasteiger partial charge in [0.1, 0.15) is 0 Å². The monoisotopic (exact) mass is 867 g/mol. The van der Waals surface area contributed by atoms with E-state index in [0.29, 0.717) is 43.4 Å². The van der Waals surface area contributed by atoms with Gasteiger partial charge in [0.15, 0.2) is 0 Å². The zero-order valence-electron chi connectivity index (χ0n) is 35.2. The molecule has 2 saturated heterocycles. The first kappa shape index (κ1) is 45.7. The third-order valence-electron chi connectivity index (χ3n) is 11.7. The van der Waals surface area contributed by atoms with E-state index < -0.39 is 32.6 Å². The number of carbonyl (C=O) groups excluding carboxylic acids is 1. The molecule has 2 fully saturated rings. The minimum Gasteiger partial charge on any atom is -0.381 e. The van der Waals surface area contributed by atoms with Gasteiger partial charge in [-0.15, -0.1) is 18.3 Å². The summed E-state index contributed by atoms with van der Waals surface area (Å²) in [6.45, 7) is 18.7. The molecule has 3 aromatic rings. The second-order valence-corrected chi connectivity index (χ2v) is 19.9. The van der Waals surface area contributed by atoms with E-state index in [9.17, 15) is 26.4 Å². The molecule has 0 bridgehead atoms. The molecule has 1 atom stereocenters. The summed E-state index contributed by atoms with van der Waals surface area (Å²) in [5.41, 5.74) is 4.36. The van der Waals surface area contributed by atoms with E-state index in [1.165, 1.54) is 23.8 Å². The van der Waals surface area contributed by atoms with E-state index in [4.69, 9.17) is 4.74 Å². The van der Waals surface area contributed by atoms with Gasteiger partial charge in [-0.05, 0) is 105 Å². The summed E-state index contributed by atoms with van der Waals surface area (Å²) in [4.78, 5) is 20.6. The molecule has 9 nitrogen and oxygen atoms in total. The number of ether oxygens (including phenoxy) is 1. The number of nitrogens with zero attached hydrogens (tertiary/aromatic N) is 3. The molecule has 0 unspecified atom stereocenters. The van der Waals surface area contributed by atoms with Crippen molar-refractivity contribution in [1.29, 1.82) is 0 Å². The highest BCUT2D eigenvalue weighted by Crippen LogP contribution is 2.41. The van der Waals surface area contributed by atoms with Gasteiger partial charge in [-0.2, -0.15) is 13.2 Å². The first-order valence-electron chi connectivity index (χ1n) is 21.0. The van der Waals surface area contributed by atoms with Gasteiger partial charge in [0.2, 0.25) is 0 Å². The number of allylic oxidation sites excluding steroid dienone is 2. The van der Waals surface area contributed by atoms with Crippen molar-refractivity contribution in [2.75, 3.05) is 81.5 Å². The fourth-order valence-corrected chi connectivity index (χ4v) is 10.1. The van der Waals surface area contributed by atoms with Crippen LogP contribution in [-0.4, -0.2) is 101 Å². The summed E-state index contributed by atoms with van der Waals surface area (Å²) in [6.07, 6.45) is 1.31. The van der Waals surface area contributed by atoms with Crippen LogP contribution in [0.4, 0.5) is 24.5 Å². The minimum atomic E-state index is -4.86. The van der Waals surface area contributed by atoms with Crippen molar-refractivity contribution in [2.45, 2.75) is 81.3 Å². The molecule has 0 radical (unpaired) electrons. The second kappa shape index (κ2) is 20.4. The molecule has 0 spiro atoms. The Kier molecular flexibility index (Phi) is 15.5. The number of alkyl halides is 3. The topological polar surface area (TPSA) is 94.2 Å². The predicted octanol–water partition coefficient (Wildman–Crippen LogP) is 9.10. The number of hydrogen-bond donors (Lipinski definition) is 2. The molecule has 6 rings (SSSR count). The van der Waals surface area contributed by atoms with E-state index in [1.54, 1.807) is 35.4 Å². The van der Waals surface area contributed by atoms with E-state index in [0.717, 1.165) is 94.2 Å². The quantitative estimate of drug-likeness (QED) is 0.102. The van der Waals surface area contributed by atoms with Crippen LogP contribution in [0.25, 0.3) is 0 Å². The van der Waals surface area contributed by atoms with Crippen LogP contribution >= 0.6 is 11.8 Å². The van der Waals surface area contributed by atoms with Crippen LogP contribution in [0, 0.1) is 5.41 Å². The van der Waals surface area contributed by atoms with Gasteiger partial charge in [0.25, 0.3) is 15.9 Å². The summed E-state index contributed by atoms with van der Waals surface area (Å²) < 4.78 is 78.0. The lowest BCUT2D eigenvalue weighted by Gasteiger charge is -2.39. The summed E-state index contributed by atoms with van der Waals surface area (Å²) >= 11 is 1.54. The van der Waals surface area contributed by atoms with Crippen molar-refractivity contribution in [1.82, 2.24) is 14.5 Å². The Balaban J connectivity index is 1.07. The van der Waals surface area contributed by atoms with Crippen molar-refractivity contribution in [3.05, 3.63) is 107 Å². The number of amides is 1. The Labute approximate surface area is 358 Å². The first-order chi connectivity index (χ1) is 28.5. The van der Waals surface area contributed by atoms with Crippen molar-refractivity contribution >= 4 is 39.1 Å². The number of piperazine rings is 1. The molecular weight excluding hydrogens is 808 g/mol. The number of morpholine rings is 1. The van der Waals surface area contributed by atoms with Crippen LogP contribution in [0.1, 0.15) is 75.2 Å². The first-order valence-corrected chi connectivity index (χ1v) is 23.5. The number of anilines is 2. The van der Waals surface area contributed by atoms with Gasteiger partial charge >= 0.3 is 6.18 Å². The Morgan fingerprint density at radius 2 is 1.63 bits per heavy atom. The van der Waals surface area contributed by atoms with Gasteiger partial charge in [0, 0.05) is 86.0 Å².